The van der Waals surface area contributed by atoms with Gasteiger partial charge in [-0.2, -0.15) is 0 Å². The second kappa shape index (κ2) is 5.39. The minimum atomic E-state index is 0.645. The van der Waals surface area contributed by atoms with Gasteiger partial charge in [-0.15, -0.1) is 11.3 Å². The summed E-state index contributed by atoms with van der Waals surface area (Å²) < 4.78 is 12.6. The van der Waals surface area contributed by atoms with Gasteiger partial charge >= 0.3 is 0 Å². The average Bonchev–Trinajstić information content (AvgIpc) is 2.73. The molecule has 2 aromatic rings. The number of hydrogen-bond donors (Lipinski definition) is 1. The Morgan fingerprint density at radius 3 is 2.68 bits per heavy atom. The van der Waals surface area contributed by atoms with Crippen LogP contribution in [-0.4, -0.2) is 19.8 Å². The maximum atomic E-state index is 5.66. The smallest absolute Gasteiger partial charge is 0.162 e. The van der Waals surface area contributed by atoms with E-state index < -0.39 is 0 Å². The summed E-state index contributed by atoms with van der Waals surface area (Å²) in [6.07, 6.45) is 1.17. The molecule has 102 valence electrons. The number of fused-ring (bicyclic) bond motifs is 2. The number of hydrogen-bond acceptors (Lipinski definition) is 4. The summed E-state index contributed by atoms with van der Waals surface area (Å²) in [6, 6.07) is 4.24. The number of nitrogens with one attached hydrogen (secondary N) is 1. The molecule has 1 aliphatic heterocycles. The number of benzene rings is 1. The van der Waals surface area contributed by atoms with Crippen LogP contribution < -0.4 is 14.8 Å². The molecule has 3 nitrogen and oxygen atoms in total. The van der Waals surface area contributed by atoms with E-state index in [1.54, 1.807) is 0 Å². The maximum Gasteiger partial charge on any atom is 0.162 e. The number of ether oxygens (including phenoxy) is 2. The lowest BCUT2D eigenvalue weighted by atomic mass is 10.1. The first-order valence-corrected chi connectivity index (χ1v) is 7.63. The van der Waals surface area contributed by atoms with Crippen molar-refractivity contribution in [3.05, 3.63) is 22.6 Å². The van der Waals surface area contributed by atoms with Crippen molar-refractivity contribution in [2.45, 2.75) is 26.8 Å². The van der Waals surface area contributed by atoms with Crippen LogP contribution in [0.5, 0.6) is 11.5 Å². The number of thiophene rings is 1. The van der Waals surface area contributed by atoms with Crippen molar-refractivity contribution >= 4 is 21.4 Å². The van der Waals surface area contributed by atoms with Crippen LogP contribution in [0, 0.1) is 6.92 Å². The molecule has 0 radical (unpaired) electrons. The van der Waals surface area contributed by atoms with Gasteiger partial charge in [-0.25, -0.2) is 0 Å². The monoisotopic (exact) mass is 277 g/mol. The highest BCUT2D eigenvalue weighted by molar-refractivity contribution is 7.19. The SMILES string of the molecule is CCCNCc1sc2cc3c(cc2c1C)OCCO3. The molecule has 4 heteroatoms. The lowest BCUT2D eigenvalue weighted by molar-refractivity contribution is 0.172. The first-order chi connectivity index (χ1) is 9.29. The Hall–Kier alpha value is -1.26. The van der Waals surface area contributed by atoms with E-state index in [-0.39, 0.29) is 0 Å². The fraction of sp³-hybridized carbons (Fsp3) is 0.467. The highest BCUT2D eigenvalue weighted by Gasteiger charge is 2.16. The molecule has 0 bridgehead atoms. The summed E-state index contributed by atoms with van der Waals surface area (Å²) in [7, 11) is 0. The normalized spacial score (nSPS) is 14.0. The van der Waals surface area contributed by atoms with Crippen molar-refractivity contribution in [2.24, 2.45) is 0 Å². The third kappa shape index (κ3) is 2.42. The molecule has 19 heavy (non-hydrogen) atoms. The fourth-order valence-electron chi connectivity index (χ4n) is 2.35. The molecule has 1 aromatic heterocycles. The van der Waals surface area contributed by atoms with Crippen molar-refractivity contribution in [3.63, 3.8) is 0 Å². The Bertz CT molecular complexity index is 591. The number of aryl methyl sites for hydroxylation is 1. The largest absolute Gasteiger partial charge is 0.486 e. The van der Waals surface area contributed by atoms with Crippen molar-refractivity contribution < 1.29 is 9.47 Å². The Kier molecular flexibility index (Phi) is 3.62. The van der Waals surface area contributed by atoms with E-state index in [4.69, 9.17) is 9.47 Å². The first-order valence-electron chi connectivity index (χ1n) is 6.82. The lowest BCUT2D eigenvalue weighted by Gasteiger charge is -2.18. The van der Waals surface area contributed by atoms with Gasteiger partial charge in [-0.3, -0.25) is 0 Å². The van der Waals surface area contributed by atoms with E-state index in [0.29, 0.717) is 13.2 Å². The van der Waals surface area contributed by atoms with Crippen LogP contribution in [0.3, 0.4) is 0 Å². The van der Waals surface area contributed by atoms with Gasteiger partial charge in [0.25, 0.3) is 0 Å². The third-order valence-electron chi connectivity index (χ3n) is 3.41. The molecule has 1 aliphatic rings. The zero-order chi connectivity index (χ0) is 13.2. The van der Waals surface area contributed by atoms with Gasteiger partial charge in [-0.1, -0.05) is 6.92 Å². The lowest BCUT2D eigenvalue weighted by Crippen LogP contribution is -2.15. The van der Waals surface area contributed by atoms with Gasteiger partial charge < -0.3 is 14.8 Å². The topological polar surface area (TPSA) is 30.5 Å². The Labute approximate surface area is 117 Å². The third-order valence-corrected chi connectivity index (χ3v) is 4.67. The highest BCUT2D eigenvalue weighted by atomic mass is 32.1. The highest BCUT2D eigenvalue weighted by Crippen LogP contribution is 2.40. The van der Waals surface area contributed by atoms with Crippen LogP contribution in [-0.2, 0) is 6.54 Å². The quantitative estimate of drug-likeness (QED) is 0.868. The molecule has 0 amide bonds. The Morgan fingerprint density at radius 1 is 1.21 bits per heavy atom. The standard InChI is InChI=1S/C15H19NO2S/c1-3-4-16-9-15-10(2)11-7-12-13(8-14(11)19-15)18-6-5-17-12/h7-8,16H,3-6,9H2,1-2H3. The van der Waals surface area contributed by atoms with Gasteiger partial charge in [0.15, 0.2) is 11.5 Å². The van der Waals surface area contributed by atoms with Crippen molar-refractivity contribution in [2.75, 3.05) is 19.8 Å². The second-order valence-electron chi connectivity index (χ2n) is 4.82. The molecule has 0 saturated heterocycles. The summed E-state index contributed by atoms with van der Waals surface area (Å²) in [5.74, 6) is 1.76. The van der Waals surface area contributed by atoms with Crippen LogP contribution in [0.15, 0.2) is 12.1 Å². The summed E-state index contributed by atoms with van der Waals surface area (Å²) in [4.78, 5) is 1.41. The first kappa shape index (κ1) is 12.8. The van der Waals surface area contributed by atoms with Crippen LogP contribution in [0.4, 0.5) is 0 Å². The van der Waals surface area contributed by atoms with E-state index in [1.165, 1.54) is 26.9 Å². The Morgan fingerprint density at radius 2 is 1.95 bits per heavy atom. The van der Waals surface area contributed by atoms with Crippen molar-refractivity contribution in [3.8, 4) is 11.5 Å². The number of rotatable bonds is 4. The zero-order valence-electron chi connectivity index (χ0n) is 11.4. The molecule has 0 spiro atoms. The van der Waals surface area contributed by atoms with Gasteiger partial charge in [0.2, 0.25) is 0 Å². The van der Waals surface area contributed by atoms with Crippen molar-refractivity contribution in [1.82, 2.24) is 5.32 Å². The predicted octanol–water partition coefficient (Wildman–Crippen LogP) is 3.48. The molecule has 3 rings (SSSR count). The average molecular weight is 277 g/mol. The molecule has 1 aromatic carbocycles. The van der Waals surface area contributed by atoms with E-state index in [9.17, 15) is 0 Å². The van der Waals surface area contributed by atoms with E-state index >= 15 is 0 Å². The molecule has 0 atom stereocenters. The molecule has 2 heterocycles. The molecule has 0 aliphatic carbocycles. The minimum Gasteiger partial charge on any atom is -0.486 e. The van der Waals surface area contributed by atoms with Gasteiger partial charge in [0.1, 0.15) is 13.2 Å². The molecule has 0 fully saturated rings. The molecular weight excluding hydrogens is 258 g/mol. The van der Waals surface area contributed by atoms with Crippen LogP contribution in [0.2, 0.25) is 0 Å². The van der Waals surface area contributed by atoms with Crippen LogP contribution in [0.25, 0.3) is 10.1 Å². The summed E-state index contributed by atoms with van der Waals surface area (Å²) in [6.45, 7) is 7.69. The summed E-state index contributed by atoms with van der Waals surface area (Å²) in [5.41, 5.74) is 1.36. The van der Waals surface area contributed by atoms with E-state index in [2.05, 4.69) is 31.3 Å². The van der Waals surface area contributed by atoms with Crippen molar-refractivity contribution in [1.29, 1.82) is 0 Å². The summed E-state index contributed by atoms with van der Waals surface area (Å²) >= 11 is 1.85. The van der Waals surface area contributed by atoms with Crippen LogP contribution in [0.1, 0.15) is 23.8 Å². The molecular formula is C15H19NO2S. The maximum absolute atomic E-state index is 5.66. The van der Waals surface area contributed by atoms with Gasteiger partial charge in [0, 0.05) is 22.2 Å². The van der Waals surface area contributed by atoms with Crippen LogP contribution >= 0.6 is 11.3 Å². The zero-order valence-corrected chi connectivity index (χ0v) is 12.2. The van der Waals surface area contributed by atoms with Gasteiger partial charge in [0.05, 0.1) is 0 Å². The van der Waals surface area contributed by atoms with E-state index in [0.717, 1.165) is 24.6 Å². The molecule has 1 N–H and O–H groups in total. The molecule has 0 unspecified atom stereocenters. The predicted molar refractivity (Wildman–Crippen MR) is 79.5 cm³/mol. The van der Waals surface area contributed by atoms with E-state index in [1.807, 2.05) is 11.3 Å². The second-order valence-corrected chi connectivity index (χ2v) is 5.96. The van der Waals surface area contributed by atoms with Gasteiger partial charge in [-0.05, 0) is 36.9 Å². The molecule has 0 saturated carbocycles. The minimum absolute atomic E-state index is 0.645. The fourth-order valence-corrected chi connectivity index (χ4v) is 3.55. The Balaban J connectivity index is 1.95. The summed E-state index contributed by atoms with van der Waals surface area (Å²) in [5, 5.41) is 4.76.